The highest BCUT2D eigenvalue weighted by molar-refractivity contribution is 7.91. The van der Waals surface area contributed by atoms with E-state index >= 15 is 0 Å². The lowest BCUT2D eigenvalue weighted by Gasteiger charge is -2.20. The van der Waals surface area contributed by atoms with Gasteiger partial charge in [-0.05, 0) is 51.7 Å². The summed E-state index contributed by atoms with van der Waals surface area (Å²) < 4.78 is 30.7. The molecule has 0 saturated heterocycles. The van der Waals surface area contributed by atoms with Gasteiger partial charge in [-0.3, -0.25) is 9.69 Å². The van der Waals surface area contributed by atoms with Crippen LogP contribution in [0.4, 0.5) is 0 Å². The van der Waals surface area contributed by atoms with Crippen molar-refractivity contribution in [1.82, 2.24) is 4.90 Å². The fourth-order valence-electron chi connectivity index (χ4n) is 2.60. The van der Waals surface area contributed by atoms with Crippen LogP contribution in [0.25, 0.3) is 0 Å². The number of unbranched alkanes of at least 4 members (excludes halogenated alkanes) is 1. The van der Waals surface area contributed by atoms with Crippen LogP contribution in [0.15, 0.2) is 65.2 Å². The van der Waals surface area contributed by atoms with Gasteiger partial charge in [0.1, 0.15) is 5.88 Å². The van der Waals surface area contributed by atoms with Gasteiger partial charge in [0.15, 0.2) is 9.84 Å². The zero-order valence-electron chi connectivity index (χ0n) is 19.3. The number of carbonyl (C=O) groups is 3. The Morgan fingerprint density at radius 1 is 1.09 bits per heavy atom. The fourth-order valence-corrected chi connectivity index (χ4v) is 3.86. The molecule has 33 heavy (non-hydrogen) atoms. The van der Waals surface area contributed by atoms with Crippen LogP contribution in [0.5, 0.6) is 0 Å². The Labute approximate surface area is 195 Å². The molecule has 0 bridgehead atoms. The van der Waals surface area contributed by atoms with E-state index < -0.39 is 33.6 Å². The summed E-state index contributed by atoms with van der Waals surface area (Å²) in [6.07, 6.45) is 2.11. The van der Waals surface area contributed by atoms with Gasteiger partial charge in [0, 0.05) is 24.0 Å². The number of hydrogen-bond acceptors (Lipinski definition) is 7. The van der Waals surface area contributed by atoms with Gasteiger partial charge in [0.05, 0.1) is 10.5 Å². The summed E-state index contributed by atoms with van der Waals surface area (Å²) in [5.74, 6) is -3.36. The number of esters is 2. The Balaban J connectivity index is 3.35. The lowest BCUT2D eigenvalue weighted by atomic mass is 10.1. The standard InChI is InChI=1S/C24H31NO7S/c1-6-19(5)23(28)32-24(29)20(9-7-8-14-26)15-25(22(27)17(2)3)16-33(30,31)21-12-10-18(4)11-13-21/h10-13,15,26H,2,5-9,14,16H2,1,3-4H3. The lowest BCUT2D eigenvalue weighted by Crippen LogP contribution is -2.33. The second kappa shape index (κ2) is 12.9. The molecule has 0 unspecified atom stereocenters. The molecular weight excluding hydrogens is 446 g/mol. The van der Waals surface area contributed by atoms with E-state index in [9.17, 15) is 22.8 Å². The summed E-state index contributed by atoms with van der Waals surface area (Å²) in [6, 6.07) is 6.14. The van der Waals surface area contributed by atoms with Crippen molar-refractivity contribution in [1.29, 1.82) is 0 Å². The Morgan fingerprint density at radius 2 is 1.70 bits per heavy atom. The van der Waals surface area contributed by atoms with E-state index in [1.165, 1.54) is 19.1 Å². The van der Waals surface area contributed by atoms with Crippen molar-refractivity contribution in [2.45, 2.75) is 51.3 Å². The molecule has 1 aromatic carbocycles. The minimum absolute atomic E-state index is 0.0137. The number of hydrogen-bond donors (Lipinski definition) is 1. The van der Waals surface area contributed by atoms with Gasteiger partial charge in [-0.2, -0.15) is 0 Å². The predicted molar refractivity (Wildman–Crippen MR) is 124 cm³/mol. The first-order valence-corrected chi connectivity index (χ1v) is 12.1. The lowest BCUT2D eigenvalue weighted by molar-refractivity contribution is -0.154. The summed E-state index contributed by atoms with van der Waals surface area (Å²) in [5.41, 5.74) is 0.934. The maximum Gasteiger partial charge on any atom is 0.343 e. The number of aliphatic hydroxyl groups excluding tert-OH is 1. The molecule has 0 atom stereocenters. The van der Waals surface area contributed by atoms with E-state index in [2.05, 4.69) is 13.2 Å². The molecule has 0 saturated carbocycles. The summed E-state index contributed by atoms with van der Waals surface area (Å²) >= 11 is 0. The van der Waals surface area contributed by atoms with Crippen LogP contribution in [-0.2, 0) is 29.0 Å². The molecule has 0 aromatic heterocycles. The average Bonchev–Trinajstić information content (AvgIpc) is 2.76. The smallest absolute Gasteiger partial charge is 0.343 e. The molecule has 0 aliphatic rings. The number of benzene rings is 1. The molecule has 9 heteroatoms. The number of aliphatic hydroxyl groups is 1. The Kier molecular flexibility index (Phi) is 10.9. The summed E-state index contributed by atoms with van der Waals surface area (Å²) in [6.45, 7) is 11.9. The molecule has 8 nitrogen and oxygen atoms in total. The monoisotopic (exact) mass is 477 g/mol. The molecule has 1 amide bonds. The minimum Gasteiger partial charge on any atom is -0.396 e. The SMILES string of the molecule is C=C(C)C(=O)N(C=C(CCCCO)C(=O)OC(=O)C(=C)CC)CS(=O)(=O)c1ccc(C)cc1. The van der Waals surface area contributed by atoms with Gasteiger partial charge >= 0.3 is 11.9 Å². The first-order valence-electron chi connectivity index (χ1n) is 10.4. The van der Waals surface area contributed by atoms with Gasteiger partial charge in [-0.1, -0.05) is 37.8 Å². The van der Waals surface area contributed by atoms with Crippen LogP contribution < -0.4 is 0 Å². The average molecular weight is 478 g/mol. The van der Waals surface area contributed by atoms with Crippen LogP contribution in [-0.4, -0.2) is 48.8 Å². The van der Waals surface area contributed by atoms with Crippen molar-refractivity contribution in [3.05, 3.63) is 65.9 Å². The highest BCUT2D eigenvalue weighted by Gasteiger charge is 2.25. The second-order valence-electron chi connectivity index (χ2n) is 7.58. The van der Waals surface area contributed by atoms with Crippen molar-refractivity contribution in [3.63, 3.8) is 0 Å². The Morgan fingerprint density at radius 3 is 2.21 bits per heavy atom. The minimum atomic E-state index is -3.95. The summed E-state index contributed by atoms with van der Waals surface area (Å²) in [4.78, 5) is 38.2. The van der Waals surface area contributed by atoms with Crippen LogP contribution in [0.3, 0.4) is 0 Å². The fraction of sp³-hybridized carbons (Fsp3) is 0.375. The molecule has 1 aromatic rings. The third kappa shape index (κ3) is 8.78. The first kappa shape index (κ1) is 28.0. The molecular formula is C24H31NO7S. The third-order valence-electron chi connectivity index (χ3n) is 4.64. The second-order valence-corrected chi connectivity index (χ2v) is 9.54. The van der Waals surface area contributed by atoms with E-state index in [0.29, 0.717) is 12.8 Å². The number of ether oxygens (including phenoxy) is 1. The highest BCUT2D eigenvalue weighted by Crippen LogP contribution is 2.18. The number of aryl methyl sites for hydroxylation is 1. The molecule has 0 fully saturated rings. The molecule has 0 radical (unpaired) electrons. The summed E-state index contributed by atoms with van der Waals surface area (Å²) in [5, 5.41) is 9.05. The van der Waals surface area contributed by atoms with E-state index in [1.54, 1.807) is 19.1 Å². The molecule has 180 valence electrons. The largest absolute Gasteiger partial charge is 0.396 e. The Hall–Kier alpha value is -3.04. The number of amides is 1. The van der Waals surface area contributed by atoms with Crippen LogP contribution in [0.1, 0.15) is 45.1 Å². The van der Waals surface area contributed by atoms with Crippen molar-refractivity contribution < 1.29 is 32.6 Å². The van der Waals surface area contributed by atoms with Crippen molar-refractivity contribution in [2.24, 2.45) is 0 Å². The number of rotatable bonds is 12. The van der Waals surface area contributed by atoms with Gasteiger partial charge in [0.25, 0.3) is 5.91 Å². The van der Waals surface area contributed by atoms with E-state index in [-0.39, 0.29) is 41.1 Å². The zero-order chi connectivity index (χ0) is 25.2. The van der Waals surface area contributed by atoms with E-state index in [4.69, 9.17) is 9.84 Å². The maximum atomic E-state index is 12.9. The zero-order valence-corrected chi connectivity index (χ0v) is 20.1. The van der Waals surface area contributed by atoms with Crippen LogP contribution >= 0.6 is 0 Å². The maximum absolute atomic E-state index is 12.9. The molecule has 0 aliphatic carbocycles. The normalized spacial score (nSPS) is 11.6. The quantitative estimate of drug-likeness (QED) is 0.212. The Bertz CT molecular complexity index is 1040. The predicted octanol–water partition coefficient (Wildman–Crippen LogP) is 3.21. The van der Waals surface area contributed by atoms with E-state index in [1.807, 2.05) is 6.92 Å². The van der Waals surface area contributed by atoms with Gasteiger partial charge in [0.2, 0.25) is 0 Å². The number of nitrogens with zero attached hydrogens (tertiary/aromatic N) is 1. The molecule has 0 heterocycles. The van der Waals surface area contributed by atoms with Crippen LogP contribution in [0, 0.1) is 6.92 Å². The highest BCUT2D eigenvalue weighted by atomic mass is 32.2. The van der Waals surface area contributed by atoms with Crippen LogP contribution in [0.2, 0.25) is 0 Å². The topological polar surface area (TPSA) is 118 Å². The summed E-state index contributed by atoms with van der Waals surface area (Å²) in [7, 11) is -3.95. The van der Waals surface area contributed by atoms with Gasteiger partial charge < -0.3 is 9.84 Å². The molecule has 0 spiro atoms. The van der Waals surface area contributed by atoms with Crippen molar-refractivity contribution in [3.8, 4) is 0 Å². The van der Waals surface area contributed by atoms with Gasteiger partial charge in [-0.25, -0.2) is 18.0 Å². The van der Waals surface area contributed by atoms with E-state index in [0.717, 1.165) is 16.7 Å². The number of carbonyl (C=O) groups excluding carboxylic acids is 3. The van der Waals surface area contributed by atoms with Gasteiger partial charge in [-0.15, -0.1) is 0 Å². The van der Waals surface area contributed by atoms with Crippen molar-refractivity contribution >= 4 is 27.7 Å². The molecule has 0 aliphatic heterocycles. The first-order chi connectivity index (χ1) is 15.4. The third-order valence-corrected chi connectivity index (χ3v) is 6.25. The molecule has 1 N–H and O–H groups in total. The van der Waals surface area contributed by atoms with Crippen molar-refractivity contribution in [2.75, 3.05) is 12.5 Å². The molecule has 1 rings (SSSR count). The number of sulfone groups is 1.